The van der Waals surface area contributed by atoms with Crippen molar-refractivity contribution >= 4 is 41.8 Å². The zero-order valence-electron chi connectivity index (χ0n) is 21.2. The highest BCUT2D eigenvalue weighted by Crippen LogP contribution is 2.45. The van der Waals surface area contributed by atoms with Crippen molar-refractivity contribution in [1.82, 2.24) is 5.32 Å². The Morgan fingerprint density at radius 1 is 1.16 bits per heavy atom. The van der Waals surface area contributed by atoms with Crippen LogP contribution in [-0.2, 0) is 11.2 Å². The summed E-state index contributed by atoms with van der Waals surface area (Å²) >= 11 is 5.83. The van der Waals surface area contributed by atoms with Crippen molar-refractivity contribution in [2.45, 2.75) is 41.0 Å². The maximum Gasteiger partial charge on any atom is 0.216 e. The van der Waals surface area contributed by atoms with Crippen molar-refractivity contribution in [1.29, 1.82) is 5.41 Å². The molecule has 196 valence electrons. The summed E-state index contributed by atoms with van der Waals surface area (Å²) in [6, 6.07) is 23.5. The Morgan fingerprint density at radius 3 is 2.57 bits per heavy atom. The van der Waals surface area contributed by atoms with Crippen molar-refractivity contribution in [2.24, 2.45) is 11.5 Å². The topological polar surface area (TPSA) is 117 Å². The first kappa shape index (κ1) is 28.4. The average molecular weight is 538 g/mol. The highest BCUT2D eigenvalue weighted by Gasteiger charge is 2.32. The van der Waals surface area contributed by atoms with Gasteiger partial charge in [0, 0.05) is 41.9 Å². The average Bonchev–Trinajstić information content (AvgIpc) is 3.20. The number of nitrogens with zero attached hydrogens (tertiary/aromatic N) is 1. The smallest absolute Gasteiger partial charge is 0.216 e. The molecule has 0 saturated heterocycles. The fourth-order valence-electron chi connectivity index (χ4n) is 3.88. The molecule has 0 aromatic heterocycles. The fourth-order valence-corrected chi connectivity index (χ4v) is 5.38. The molecule has 9 heteroatoms. The third-order valence-electron chi connectivity index (χ3n) is 5.74. The first-order chi connectivity index (χ1) is 17.7. The molecule has 4 rings (SSSR count). The van der Waals surface area contributed by atoms with Gasteiger partial charge < -0.3 is 26.4 Å². The van der Waals surface area contributed by atoms with Gasteiger partial charge >= 0.3 is 0 Å². The van der Waals surface area contributed by atoms with Crippen LogP contribution in [0.2, 0.25) is 0 Å². The summed E-state index contributed by atoms with van der Waals surface area (Å²) in [6.45, 7) is 2.67. The SMILES string of the molecule is CC(=O)NCCCOc1ccc2c(c1)SC(C(N)Cc1cccc(C(=N)N)c1)N2C.Sc1ccccc1. The van der Waals surface area contributed by atoms with Gasteiger partial charge in [-0.1, -0.05) is 48.2 Å². The zero-order chi connectivity index (χ0) is 26.8. The fraction of sp³-hybridized carbons (Fsp3) is 0.286. The molecule has 0 radical (unpaired) electrons. The van der Waals surface area contributed by atoms with E-state index in [4.69, 9.17) is 21.6 Å². The highest BCUT2D eigenvalue weighted by atomic mass is 32.2. The molecule has 0 fully saturated rings. The molecule has 1 aliphatic rings. The van der Waals surface area contributed by atoms with E-state index in [0.717, 1.165) is 38.8 Å². The molecule has 1 amide bonds. The predicted molar refractivity (Wildman–Crippen MR) is 156 cm³/mol. The standard InChI is InChI=1S/C22H29N5O2S.C6H6S/c1-14(28)26-9-4-10-29-17-7-8-19-20(13-17)30-22(27(19)2)18(23)12-15-5-3-6-16(11-15)21(24)25;7-6-4-2-1-3-5-6/h3,5-8,11,13,18,22H,4,9-10,12,23H2,1-2H3,(H3,24,25)(H,26,28);1-5,7H. The number of fused-ring (bicyclic) bond motifs is 1. The number of nitrogen functional groups attached to an aromatic ring is 1. The van der Waals surface area contributed by atoms with Crippen LogP contribution in [0.4, 0.5) is 5.69 Å². The number of benzene rings is 3. The van der Waals surface area contributed by atoms with E-state index < -0.39 is 0 Å². The number of amides is 1. The maximum absolute atomic E-state index is 10.9. The molecule has 0 saturated carbocycles. The molecule has 0 aliphatic carbocycles. The van der Waals surface area contributed by atoms with E-state index in [-0.39, 0.29) is 23.2 Å². The number of carbonyl (C=O) groups excluding carboxylic acids is 1. The summed E-state index contributed by atoms with van der Waals surface area (Å²) in [5.41, 5.74) is 15.1. The molecule has 37 heavy (non-hydrogen) atoms. The van der Waals surface area contributed by atoms with Gasteiger partial charge in [0.25, 0.3) is 0 Å². The van der Waals surface area contributed by atoms with Crippen molar-refractivity contribution in [2.75, 3.05) is 25.1 Å². The van der Waals surface area contributed by atoms with Gasteiger partial charge in [0.15, 0.2) is 0 Å². The molecule has 1 heterocycles. The summed E-state index contributed by atoms with van der Waals surface area (Å²) in [7, 11) is 2.06. The van der Waals surface area contributed by atoms with Crippen LogP contribution in [0, 0.1) is 5.41 Å². The van der Waals surface area contributed by atoms with E-state index in [0.29, 0.717) is 19.6 Å². The second-order valence-electron chi connectivity index (χ2n) is 8.75. The van der Waals surface area contributed by atoms with E-state index in [1.54, 1.807) is 11.8 Å². The van der Waals surface area contributed by atoms with E-state index in [1.807, 2.05) is 60.7 Å². The Hall–Kier alpha value is -3.14. The van der Waals surface area contributed by atoms with Crippen LogP contribution in [0.15, 0.2) is 82.6 Å². The Morgan fingerprint density at radius 2 is 1.92 bits per heavy atom. The lowest BCUT2D eigenvalue weighted by atomic mass is 10.0. The number of anilines is 1. The lowest BCUT2D eigenvalue weighted by Gasteiger charge is -2.27. The number of thiol groups is 1. The number of ether oxygens (including phenoxy) is 1. The van der Waals surface area contributed by atoms with E-state index >= 15 is 0 Å². The van der Waals surface area contributed by atoms with Crippen molar-refractivity contribution < 1.29 is 9.53 Å². The number of amidine groups is 1. The number of likely N-dealkylation sites (N-methyl/N-ethyl adjacent to an activating group) is 1. The van der Waals surface area contributed by atoms with E-state index in [9.17, 15) is 4.79 Å². The van der Waals surface area contributed by atoms with Gasteiger partial charge in [-0.2, -0.15) is 0 Å². The normalized spacial score (nSPS) is 14.7. The van der Waals surface area contributed by atoms with Crippen LogP contribution in [-0.4, -0.2) is 43.4 Å². The molecule has 3 aromatic rings. The van der Waals surface area contributed by atoms with Gasteiger partial charge in [-0.05, 0) is 54.8 Å². The minimum atomic E-state index is -0.0865. The van der Waals surface area contributed by atoms with Gasteiger partial charge in [0.2, 0.25) is 5.91 Å². The number of nitrogens with two attached hydrogens (primary N) is 2. The monoisotopic (exact) mass is 537 g/mol. The third-order valence-corrected chi connectivity index (χ3v) is 7.52. The Bertz CT molecular complexity index is 1190. The Kier molecular flexibility index (Phi) is 10.7. The summed E-state index contributed by atoms with van der Waals surface area (Å²) < 4.78 is 5.83. The van der Waals surface area contributed by atoms with Gasteiger partial charge in [-0.25, -0.2) is 0 Å². The Balaban J connectivity index is 0.000000468. The summed E-state index contributed by atoms with van der Waals surface area (Å²) in [4.78, 5) is 15.3. The second-order valence-corrected chi connectivity index (χ2v) is 10.4. The first-order valence-corrected chi connectivity index (χ1v) is 13.4. The predicted octanol–water partition coefficient (Wildman–Crippen LogP) is 4.29. The summed E-state index contributed by atoms with van der Waals surface area (Å²) in [6.07, 6.45) is 1.46. The molecular formula is C28H35N5O2S2. The number of nitrogens with one attached hydrogen (secondary N) is 2. The second kappa shape index (κ2) is 14.0. The van der Waals surface area contributed by atoms with Crippen LogP contribution >= 0.6 is 24.4 Å². The number of thioether (sulfide) groups is 1. The number of rotatable bonds is 9. The summed E-state index contributed by atoms with van der Waals surface area (Å²) in [5, 5.41) is 10.5. The van der Waals surface area contributed by atoms with Crippen LogP contribution < -0.4 is 26.4 Å². The lowest BCUT2D eigenvalue weighted by molar-refractivity contribution is -0.118. The highest BCUT2D eigenvalue weighted by molar-refractivity contribution is 8.00. The van der Waals surface area contributed by atoms with Crippen LogP contribution in [0.3, 0.4) is 0 Å². The number of carbonyl (C=O) groups is 1. The molecule has 2 unspecified atom stereocenters. The molecule has 7 nitrogen and oxygen atoms in total. The lowest BCUT2D eigenvalue weighted by Crippen LogP contribution is -2.43. The van der Waals surface area contributed by atoms with Crippen LogP contribution in [0.5, 0.6) is 5.75 Å². The molecule has 2 atom stereocenters. The number of hydrogen-bond donors (Lipinski definition) is 5. The largest absolute Gasteiger partial charge is 0.493 e. The molecular weight excluding hydrogens is 502 g/mol. The van der Waals surface area contributed by atoms with Crippen molar-refractivity contribution in [3.63, 3.8) is 0 Å². The van der Waals surface area contributed by atoms with Gasteiger partial charge in [-0.15, -0.1) is 12.6 Å². The van der Waals surface area contributed by atoms with Gasteiger partial charge in [-0.3, -0.25) is 10.2 Å². The third kappa shape index (κ3) is 8.73. The molecule has 0 bridgehead atoms. The minimum Gasteiger partial charge on any atom is -0.493 e. The van der Waals surface area contributed by atoms with Crippen molar-refractivity contribution in [3.8, 4) is 5.75 Å². The van der Waals surface area contributed by atoms with E-state index in [1.165, 1.54) is 6.92 Å². The van der Waals surface area contributed by atoms with Gasteiger partial charge in [0.05, 0.1) is 17.7 Å². The minimum absolute atomic E-state index is 0.0256. The quantitative estimate of drug-likeness (QED) is 0.120. The first-order valence-electron chi connectivity index (χ1n) is 12.1. The number of hydrogen-bond acceptors (Lipinski definition) is 7. The van der Waals surface area contributed by atoms with Crippen LogP contribution in [0.1, 0.15) is 24.5 Å². The molecule has 6 N–H and O–H groups in total. The van der Waals surface area contributed by atoms with E-state index in [2.05, 4.69) is 42.0 Å². The van der Waals surface area contributed by atoms with Crippen molar-refractivity contribution in [3.05, 3.63) is 83.9 Å². The molecule has 1 aliphatic heterocycles. The maximum atomic E-state index is 10.9. The van der Waals surface area contributed by atoms with Crippen LogP contribution in [0.25, 0.3) is 0 Å². The molecule has 3 aromatic carbocycles. The summed E-state index contributed by atoms with van der Waals surface area (Å²) in [5.74, 6) is 0.859. The molecule has 0 spiro atoms. The Labute approximate surface area is 228 Å². The van der Waals surface area contributed by atoms with Gasteiger partial charge in [0.1, 0.15) is 11.6 Å². The zero-order valence-corrected chi connectivity index (χ0v) is 22.9.